The van der Waals surface area contributed by atoms with E-state index in [1.54, 1.807) is 49.4 Å². The van der Waals surface area contributed by atoms with Gasteiger partial charge in [-0.15, -0.1) is 0 Å². The number of hydrogen-bond acceptors (Lipinski definition) is 7. The van der Waals surface area contributed by atoms with Gasteiger partial charge in [-0.05, 0) is 24.3 Å². The summed E-state index contributed by atoms with van der Waals surface area (Å²) in [6, 6.07) is 13.5. The van der Waals surface area contributed by atoms with Gasteiger partial charge in [0.25, 0.3) is 5.69 Å². The summed E-state index contributed by atoms with van der Waals surface area (Å²) in [6.45, 7) is 0. The minimum absolute atomic E-state index is 0.0187. The Morgan fingerprint density at radius 3 is 2.20 bits per heavy atom. The number of pyridine rings is 1. The average Bonchev–Trinajstić information content (AvgIpc) is 3.17. The SMILES string of the molecule is COc1cc(-n2nc(-c3ccc([N+](=O)[O-])cc3)c3cccnc32)cc(OC)c1OC. The molecule has 2 aromatic carbocycles. The van der Waals surface area contributed by atoms with Crippen LogP contribution < -0.4 is 14.2 Å². The Labute approximate surface area is 171 Å². The van der Waals surface area contributed by atoms with E-state index in [2.05, 4.69) is 4.98 Å². The van der Waals surface area contributed by atoms with Gasteiger partial charge in [0.05, 0.1) is 31.9 Å². The molecule has 4 rings (SSSR count). The van der Waals surface area contributed by atoms with Crippen LogP contribution in [-0.4, -0.2) is 41.0 Å². The largest absolute Gasteiger partial charge is 0.493 e. The molecule has 30 heavy (non-hydrogen) atoms. The summed E-state index contributed by atoms with van der Waals surface area (Å²) in [6.07, 6.45) is 1.68. The molecule has 0 aliphatic rings. The maximum atomic E-state index is 11.0. The standard InChI is InChI=1S/C21H18N4O5/c1-28-17-11-15(12-18(29-2)20(17)30-3)24-21-16(5-4-10-22-21)19(23-24)13-6-8-14(9-7-13)25(26)27/h4-12H,1-3H3. The van der Waals surface area contributed by atoms with Gasteiger partial charge >= 0.3 is 0 Å². The van der Waals surface area contributed by atoms with Crippen molar-refractivity contribution in [2.24, 2.45) is 0 Å². The van der Waals surface area contributed by atoms with Crippen molar-refractivity contribution in [3.8, 4) is 34.2 Å². The monoisotopic (exact) mass is 406 g/mol. The zero-order valence-corrected chi connectivity index (χ0v) is 16.5. The van der Waals surface area contributed by atoms with Crippen molar-refractivity contribution in [1.29, 1.82) is 0 Å². The minimum Gasteiger partial charge on any atom is -0.493 e. The van der Waals surface area contributed by atoms with E-state index in [1.165, 1.54) is 19.2 Å². The highest BCUT2D eigenvalue weighted by Gasteiger charge is 2.19. The molecular formula is C21H18N4O5. The van der Waals surface area contributed by atoms with E-state index in [-0.39, 0.29) is 5.69 Å². The summed E-state index contributed by atoms with van der Waals surface area (Å²) in [5.41, 5.74) is 2.71. The highest BCUT2D eigenvalue weighted by Crippen LogP contribution is 2.40. The Hall–Kier alpha value is -4.14. The van der Waals surface area contributed by atoms with E-state index in [9.17, 15) is 10.1 Å². The second kappa shape index (κ2) is 7.70. The average molecular weight is 406 g/mol. The maximum Gasteiger partial charge on any atom is 0.269 e. The fraction of sp³-hybridized carbons (Fsp3) is 0.143. The number of ether oxygens (including phenoxy) is 3. The zero-order valence-electron chi connectivity index (χ0n) is 16.5. The molecule has 2 aromatic heterocycles. The molecule has 9 nitrogen and oxygen atoms in total. The molecule has 0 N–H and O–H groups in total. The van der Waals surface area contributed by atoms with Crippen LogP contribution >= 0.6 is 0 Å². The maximum absolute atomic E-state index is 11.0. The second-order valence-electron chi connectivity index (χ2n) is 6.32. The van der Waals surface area contributed by atoms with Crippen molar-refractivity contribution in [2.75, 3.05) is 21.3 Å². The number of benzene rings is 2. The lowest BCUT2D eigenvalue weighted by Gasteiger charge is -2.14. The Balaban J connectivity index is 1.92. The fourth-order valence-electron chi connectivity index (χ4n) is 3.28. The first-order valence-electron chi connectivity index (χ1n) is 8.96. The van der Waals surface area contributed by atoms with Gasteiger partial charge in [-0.3, -0.25) is 10.1 Å². The number of nitro benzene ring substituents is 1. The van der Waals surface area contributed by atoms with E-state index >= 15 is 0 Å². The summed E-state index contributed by atoms with van der Waals surface area (Å²) < 4.78 is 18.0. The molecule has 0 fully saturated rings. The molecule has 0 saturated carbocycles. The predicted molar refractivity (Wildman–Crippen MR) is 111 cm³/mol. The number of rotatable bonds is 6. The number of methoxy groups -OCH3 is 3. The van der Waals surface area contributed by atoms with Gasteiger partial charge in [0.1, 0.15) is 5.69 Å². The Bertz CT molecular complexity index is 1210. The van der Waals surface area contributed by atoms with Crippen LogP contribution in [0.1, 0.15) is 0 Å². The second-order valence-corrected chi connectivity index (χ2v) is 6.32. The van der Waals surface area contributed by atoms with Gasteiger partial charge in [0, 0.05) is 41.4 Å². The molecular weight excluding hydrogens is 388 g/mol. The van der Waals surface area contributed by atoms with Gasteiger partial charge in [-0.25, -0.2) is 9.67 Å². The first kappa shape index (κ1) is 19.2. The van der Waals surface area contributed by atoms with Crippen LogP contribution in [0.25, 0.3) is 28.0 Å². The summed E-state index contributed by atoms with van der Waals surface area (Å²) >= 11 is 0. The molecule has 4 aromatic rings. The summed E-state index contributed by atoms with van der Waals surface area (Å²) in [4.78, 5) is 15.0. The Kier molecular flexibility index (Phi) is 4.93. The normalized spacial score (nSPS) is 10.8. The minimum atomic E-state index is -0.433. The third kappa shape index (κ3) is 3.16. The van der Waals surface area contributed by atoms with Crippen LogP contribution in [0.4, 0.5) is 5.69 Å². The quantitative estimate of drug-likeness (QED) is 0.352. The first-order valence-corrected chi connectivity index (χ1v) is 8.96. The van der Waals surface area contributed by atoms with Crippen LogP contribution in [0.5, 0.6) is 17.2 Å². The van der Waals surface area contributed by atoms with Gasteiger partial charge in [-0.1, -0.05) is 0 Å². The topological polar surface area (TPSA) is 102 Å². The van der Waals surface area contributed by atoms with Crippen LogP contribution in [-0.2, 0) is 0 Å². The van der Waals surface area contributed by atoms with Gasteiger partial charge in [0.2, 0.25) is 5.75 Å². The van der Waals surface area contributed by atoms with E-state index < -0.39 is 4.92 Å². The molecule has 0 saturated heterocycles. The molecule has 0 aliphatic carbocycles. The van der Waals surface area contributed by atoms with Crippen LogP contribution in [0.3, 0.4) is 0 Å². The smallest absolute Gasteiger partial charge is 0.269 e. The predicted octanol–water partition coefficient (Wildman–Crippen LogP) is 4.02. The lowest BCUT2D eigenvalue weighted by atomic mass is 10.1. The van der Waals surface area contributed by atoms with Crippen LogP contribution in [0.15, 0.2) is 54.7 Å². The van der Waals surface area contributed by atoms with Crippen molar-refractivity contribution in [3.63, 3.8) is 0 Å². The van der Waals surface area contributed by atoms with Crippen LogP contribution in [0, 0.1) is 10.1 Å². The number of hydrogen-bond donors (Lipinski definition) is 0. The third-order valence-corrected chi connectivity index (χ3v) is 4.69. The van der Waals surface area contributed by atoms with Gasteiger partial charge < -0.3 is 14.2 Å². The highest BCUT2D eigenvalue weighted by atomic mass is 16.6. The van der Waals surface area contributed by atoms with Crippen LogP contribution in [0.2, 0.25) is 0 Å². The lowest BCUT2D eigenvalue weighted by molar-refractivity contribution is -0.384. The number of fused-ring (bicyclic) bond motifs is 1. The molecule has 2 heterocycles. The van der Waals surface area contributed by atoms with Crippen molar-refractivity contribution in [2.45, 2.75) is 0 Å². The van der Waals surface area contributed by atoms with Gasteiger partial charge in [0.15, 0.2) is 17.1 Å². The van der Waals surface area contributed by atoms with E-state index in [4.69, 9.17) is 19.3 Å². The van der Waals surface area contributed by atoms with Crippen molar-refractivity contribution in [3.05, 3.63) is 64.8 Å². The molecule has 0 atom stereocenters. The molecule has 0 radical (unpaired) electrons. The molecule has 0 aliphatic heterocycles. The highest BCUT2D eigenvalue weighted by molar-refractivity contribution is 5.92. The van der Waals surface area contributed by atoms with E-state index in [0.717, 1.165) is 10.9 Å². The number of non-ortho nitro benzene ring substituents is 1. The molecule has 0 unspecified atom stereocenters. The van der Waals surface area contributed by atoms with E-state index in [0.29, 0.717) is 34.3 Å². The van der Waals surface area contributed by atoms with Crippen molar-refractivity contribution < 1.29 is 19.1 Å². The first-order chi connectivity index (χ1) is 14.6. The summed E-state index contributed by atoms with van der Waals surface area (Å²) in [5, 5.41) is 16.5. The molecule has 152 valence electrons. The van der Waals surface area contributed by atoms with E-state index in [1.807, 2.05) is 12.1 Å². The zero-order chi connectivity index (χ0) is 21.3. The fourth-order valence-corrected chi connectivity index (χ4v) is 3.28. The lowest BCUT2D eigenvalue weighted by Crippen LogP contribution is -2.01. The molecule has 0 amide bonds. The number of nitrogens with zero attached hydrogens (tertiary/aromatic N) is 4. The number of aromatic nitrogens is 3. The molecule has 9 heteroatoms. The summed E-state index contributed by atoms with van der Waals surface area (Å²) in [5.74, 6) is 1.45. The van der Waals surface area contributed by atoms with Crippen molar-refractivity contribution >= 4 is 16.7 Å². The number of nitro groups is 1. The Morgan fingerprint density at radius 2 is 1.63 bits per heavy atom. The summed E-state index contributed by atoms with van der Waals surface area (Å²) in [7, 11) is 4.63. The molecule has 0 spiro atoms. The third-order valence-electron chi connectivity index (χ3n) is 4.69. The van der Waals surface area contributed by atoms with Crippen molar-refractivity contribution in [1.82, 2.24) is 14.8 Å². The molecule has 0 bridgehead atoms. The Morgan fingerprint density at radius 1 is 0.967 bits per heavy atom. The van der Waals surface area contributed by atoms with Gasteiger partial charge in [-0.2, -0.15) is 5.10 Å².